The summed E-state index contributed by atoms with van der Waals surface area (Å²) in [5.41, 5.74) is -0.343. The fourth-order valence-electron chi connectivity index (χ4n) is 6.98. The van der Waals surface area contributed by atoms with E-state index in [4.69, 9.17) is 0 Å². The highest BCUT2D eigenvalue weighted by molar-refractivity contribution is 6.01. The SMILES string of the molecule is CC1(C)CN([C@H]2CCc3cc(C(F)(F)F)ccc32)CC[C@]1(O)c1ccc2ncc(C3CCC(=O)NC3=O)cc2c1F. The van der Waals surface area contributed by atoms with Crippen molar-refractivity contribution in [3.05, 3.63) is 76.2 Å². The molecular formula is C31H31F4N3O3. The summed E-state index contributed by atoms with van der Waals surface area (Å²) in [5, 5.41) is 14.6. The third-order valence-electron chi connectivity index (χ3n) is 9.34. The molecule has 2 saturated heterocycles. The maximum absolute atomic E-state index is 16.2. The molecule has 2 amide bonds. The van der Waals surface area contributed by atoms with Gasteiger partial charge in [-0.1, -0.05) is 26.0 Å². The number of amides is 2. The summed E-state index contributed by atoms with van der Waals surface area (Å²) in [6, 6.07) is 8.67. The minimum absolute atomic E-state index is 0.0714. The molecule has 2 aromatic carbocycles. The van der Waals surface area contributed by atoms with Crippen LogP contribution < -0.4 is 5.32 Å². The molecule has 3 atom stereocenters. The Morgan fingerprint density at radius 3 is 2.56 bits per heavy atom. The summed E-state index contributed by atoms with van der Waals surface area (Å²) >= 11 is 0. The zero-order valence-electron chi connectivity index (χ0n) is 22.8. The Morgan fingerprint density at radius 1 is 1.07 bits per heavy atom. The van der Waals surface area contributed by atoms with E-state index in [1.807, 2.05) is 13.8 Å². The second kappa shape index (κ2) is 9.59. The number of fused-ring (bicyclic) bond motifs is 2. The van der Waals surface area contributed by atoms with Crippen molar-refractivity contribution in [2.24, 2.45) is 5.41 Å². The number of halogens is 4. The molecule has 3 aromatic rings. The largest absolute Gasteiger partial charge is 0.416 e. The quantitative estimate of drug-likeness (QED) is 0.321. The third-order valence-corrected chi connectivity index (χ3v) is 9.34. The number of benzene rings is 2. The lowest BCUT2D eigenvalue weighted by Gasteiger charge is -2.52. The summed E-state index contributed by atoms with van der Waals surface area (Å²) in [5.74, 6) is -1.98. The van der Waals surface area contributed by atoms with Crippen LogP contribution in [0.2, 0.25) is 0 Å². The second-order valence-electron chi connectivity index (χ2n) is 12.2. The van der Waals surface area contributed by atoms with Gasteiger partial charge in [0.15, 0.2) is 0 Å². The van der Waals surface area contributed by atoms with E-state index in [0.717, 1.165) is 11.6 Å². The number of alkyl halides is 3. The van der Waals surface area contributed by atoms with E-state index in [1.165, 1.54) is 12.3 Å². The predicted octanol–water partition coefficient (Wildman–Crippen LogP) is 5.52. The van der Waals surface area contributed by atoms with E-state index in [0.29, 0.717) is 49.0 Å². The summed E-state index contributed by atoms with van der Waals surface area (Å²) in [4.78, 5) is 30.5. The van der Waals surface area contributed by atoms with Gasteiger partial charge in [0.25, 0.3) is 0 Å². The number of hydrogen-bond donors (Lipinski definition) is 2. The van der Waals surface area contributed by atoms with E-state index >= 15 is 4.39 Å². The number of carbonyl (C=O) groups excluding carboxylic acids is 2. The number of rotatable bonds is 3. The maximum atomic E-state index is 16.2. The number of aromatic nitrogens is 1. The molecule has 0 spiro atoms. The van der Waals surface area contributed by atoms with Crippen LogP contribution in [0, 0.1) is 11.2 Å². The van der Waals surface area contributed by atoms with Crippen LogP contribution in [0.25, 0.3) is 10.9 Å². The normalized spacial score (nSPS) is 26.7. The lowest BCUT2D eigenvalue weighted by molar-refractivity contribution is -0.138. The molecule has 6 nitrogen and oxygen atoms in total. The Labute approximate surface area is 234 Å². The molecule has 216 valence electrons. The number of hydrogen-bond acceptors (Lipinski definition) is 5. The summed E-state index contributed by atoms with van der Waals surface area (Å²) in [6.45, 7) is 4.62. The molecule has 0 bridgehead atoms. The molecular weight excluding hydrogens is 538 g/mol. The Morgan fingerprint density at radius 2 is 1.85 bits per heavy atom. The van der Waals surface area contributed by atoms with Crippen molar-refractivity contribution < 1.29 is 32.3 Å². The standard InChI is InChI=1S/C31H31F4N3O3/c1-29(2)16-38(25-9-3-17-13-19(31(33,34)35)4-5-20(17)25)12-11-30(29,41)23-7-8-24-22(27(23)32)14-18(15-36-24)21-6-10-26(39)37-28(21)40/h4-5,7-8,13-15,21,25,41H,3,6,9-12,16H2,1-2H3,(H,37,39,40)/t21?,25-,30-/m0/s1. The van der Waals surface area contributed by atoms with Gasteiger partial charge in [-0.05, 0) is 66.6 Å². The van der Waals surface area contributed by atoms with E-state index in [-0.39, 0.29) is 35.7 Å². The van der Waals surface area contributed by atoms with Crippen LogP contribution in [-0.2, 0) is 27.8 Å². The topological polar surface area (TPSA) is 82.5 Å². The number of nitrogens with one attached hydrogen (secondary N) is 1. The predicted molar refractivity (Wildman–Crippen MR) is 143 cm³/mol. The number of aryl methyl sites for hydroxylation is 1. The lowest BCUT2D eigenvalue weighted by Crippen LogP contribution is -2.56. The molecule has 2 fully saturated rings. The van der Waals surface area contributed by atoms with Gasteiger partial charge in [-0.25, -0.2) is 4.39 Å². The summed E-state index contributed by atoms with van der Waals surface area (Å²) in [6.07, 6.45) is -0.898. The lowest BCUT2D eigenvalue weighted by atomic mass is 9.66. The van der Waals surface area contributed by atoms with E-state index < -0.39 is 40.4 Å². The third kappa shape index (κ3) is 4.61. The number of pyridine rings is 1. The van der Waals surface area contributed by atoms with Crippen LogP contribution in [0.3, 0.4) is 0 Å². The first-order chi connectivity index (χ1) is 19.3. The molecule has 0 radical (unpaired) electrons. The van der Waals surface area contributed by atoms with Crippen LogP contribution in [0.15, 0.2) is 42.6 Å². The van der Waals surface area contributed by atoms with E-state index in [2.05, 4.69) is 15.2 Å². The number of nitrogens with zero attached hydrogens (tertiary/aromatic N) is 2. The van der Waals surface area contributed by atoms with Crippen molar-refractivity contribution in [2.75, 3.05) is 13.1 Å². The van der Waals surface area contributed by atoms with E-state index in [9.17, 15) is 27.9 Å². The Hall–Kier alpha value is -3.37. The van der Waals surface area contributed by atoms with Crippen molar-refractivity contribution >= 4 is 22.7 Å². The molecule has 3 aliphatic rings. The highest BCUT2D eigenvalue weighted by Crippen LogP contribution is 2.50. The fraction of sp³-hybridized carbons (Fsp3) is 0.452. The van der Waals surface area contributed by atoms with Crippen molar-refractivity contribution in [1.82, 2.24) is 15.2 Å². The summed E-state index contributed by atoms with van der Waals surface area (Å²) < 4.78 is 55.9. The molecule has 41 heavy (non-hydrogen) atoms. The van der Waals surface area contributed by atoms with Crippen LogP contribution in [0.1, 0.15) is 79.3 Å². The van der Waals surface area contributed by atoms with Gasteiger partial charge in [-0.2, -0.15) is 13.2 Å². The first kappa shape index (κ1) is 27.8. The Bertz CT molecular complexity index is 1570. The number of imide groups is 1. The summed E-state index contributed by atoms with van der Waals surface area (Å²) in [7, 11) is 0. The first-order valence-corrected chi connectivity index (χ1v) is 13.9. The minimum Gasteiger partial charge on any atom is -0.384 e. The monoisotopic (exact) mass is 569 g/mol. The zero-order valence-corrected chi connectivity index (χ0v) is 22.8. The van der Waals surface area contributed by atoms with Crippen molar-refractivity contribution in [1.29, 1.82) is 0 Å². The molecule has 1 aromatic heterocycles. The van der Waals surface area contributed by atoms with Gasteiger partial charge in [0.05, 0.1) is 22.6 Å². The van der Waals surface area contributed by atoms with Gasteiger partial charge in [-0.15, -0.1) is 0 Å². The van der Waals surface area contributed by atoms with Crippen molar-refractivity contribution in [3.63, 3.8) is 0 Å². The van der Waals surface area contributed by atoms with Crippen LogP contribution in [0.4, 0.5) is 17.6 Å². The number of likely N-dealkylation sites (tertiary alicyclic amines) is 1. The van der Waals surface area contributed by atoms with Gasteiger partial charge < -0.3 is 5.11 Å². The molecule has 10 heteroatoms. The maximum Gasteiger partial charge on any atom is 0.416 e. The number of piperidine rings is 2. The molecule has 1 unspecified atom stereocenters. The highest BCUT2D eigenvalue weighted by Gasteiger charge is 2.51. The molecule has 6 rings (SSSR count). The van der Waals surface area contributed by atoms with Gasteiger partial charge in [0.1, 0.15) is 5.82 Å². The minimum atomic E-state index is -4.39. The molecule has 3 heterocycles. The first-order valence-electron chi connectivity index (χ1n) is 13.9. The number of aliphatic hydroxyl groups is 1. The van der Waals surface area contributed by atoms with Gasteiger partial charge in [0, 0.05) is 48.1 Å². The van der Waals surface area contributed by atoms with Gasteiger partial charge in [-0.3, -0.25) is 24.8 Å². The van der Waals surface area contributed by atoms with Gasteiger partial charge >= 0.3 is 6.18 Å². The van der Waals surface area contributed by atoms with Crippen molar-refractivity contribution in [2.45, 2.75) is 69.7 Å². The van der Waals surface area contributed by atoms with Crippen LogP contribution in [-0.4, -0.2) is 39.9 Å². The van der Waals surface area contributed by atoms with Crippen LogP contribution in [0.5, 0.6) is 0 Å². The van der Waals surface area contributed by atoms with Crippen molar-refractivity contribution in [3.8, 4) is 0 Å². The molecule has 2 aliphatic heterocycles. The highest BCUT2D eigenvalue weighted by atomic mass is 19.4. The van der Waals surface area contributed by atoms with Crippen LogP contribution >= 0.6 is 0 Å². The number of carbonyl (C=O) groups is 2. The Kier molecular flexibility index (Phi) is 6.50. The smallest absolute Gasteiger partial charge is 0.384 e. The molecule has 0 saturated carbocycles. The average molecular weight is 570 g/mol. The van der Waals surface area contributed by atoms with Gasteiger partial charge in [0.2, 0.25) is 11.8 Å². The zero-order chi connectivity index (χ0) is 29.3. The Balaban J connectivity index is 1.29. The fourth-order valence-corrected chi connectivity index (χ4v) is 6.98. The second-order valence-corrected chi connectivity index (χ2v) is 12.2. The van der Waals surface area contributed by atoms with E-state index in [1.54, 1.807) is 24.3 Å². The molecule has 1 aliphatic carbocycles. The average Bonchev–Trinajstić information content (AvgIpc) is 3.33. The molecule has 2 N–H and O–H groups in total.